The van der Waals surface area contributed by atoms with E-state index in [-0.39, 0.29) is 58.8 Å². The topological polar surface area (TPSA) is 26.3 Å². The van der Waals surface area contributed by atoms with Gasteiger partial charge >= 0.3 is 57.4 Å². The van der Waals surface area contributed by atoms with Crippen molar-refractivity contribution in [1.82, 2.24) is 0 Å². The van der Waals surface area contributed by atoms with E-state index in [1.807, 2.05) is 24.3 Å². The first-order chi connectivity index (χ1) is 7.11. The van der Waals surface area contributed by atoms with Gasteiger partial charge < -0.3 is 6.16 Å². The number of carbonyl (C=O) groups excluding carboxylic acids is 1. The second-order valence-corrected chi connectivity index (χ2v) is 4.07. The van der Waals surface area contributed by atoms with Crippen LogP contribution in [0.3, 0.4) is 0 Å². The van der Waals surface area contributed by atoms with E-state index in [4.69, 9.17) is 4.74 Å². The number of hydrogen-bond donors (Lipinski definition) is 0. The van der Waals surface area contributed by atoms with Gasteiger partial charge in [0.25, 0.3) is 0 Å². The van der Waals surface area contributed by atoms with Crippen molar-refractivity contribution in [3.05, 3.63) is 29.8 Å². The Bertz CT molecular complexity index is 323. The molecule has 0 heterocycles. The average Bonchev–Trinajstić information content (AvgIpc) is 2.20. The second-order valence-electron chi connectivity index (χ2n) is 4.07. The molecule has 16 heavy (non-hydrogen) atoms. The first-order valence-corrected chi connectivity index (χ1v) is 5.41. The van der Waals surface area contributed by atoms with Crippen LogP contribution in [0.1, 0.15) is 34.2 Å². The minimum absolute atomic E-state index is 0. The van der Waals surface area contributed by atoms with Crippen molar-refractivity contribution in [2.75, 3.05) is 0 Å². The van der Waals surface area contributed by atoms with Crippen LogP contribution in [-0.2, 0) is 11.2 Å². The average molecular weight is 246 g/mol. The molecule has 0 unspecified atom stereocenters. The number of ether oxygens (including phenoxy) is 1. The molecule has 2 nitrogen and oxygen atoms in total. The van der Waals surface area contributed by atoms with Gasteiger partial charge in [-0.25, -0.2) is 0 Å². The molecule has 0 saturated heterocycles. The monoisotopic (exact) mass is 246 g/mol. The molecule has 0 aromatic heterocycles. The van der Waals surface area contributed by atoms with Crippen LogP contribution in [0.5, 0.6) is 5.75 Å². The zero-order valence-corrected chi connectivity index (χ0v) is 13.7. The summed E-state index contributed by atoms with van der Waals surface area (Å²) in [5.41, 5.74) is 1.28. The molecule has 0 spiro atoms. The summed E-state index contributed by atoms with van der Waals surface area (Å²) < 4.78 is 5.08. The first kappa shape index (κ1) is 16.3. The van der Waals surface area contributed by atoms with Gasteiger partial charge in [0.05, 0.1) is 0 Å². The van der Waals surface area contributed by atoms with Crippen molar-refractivity contribution < 1.29 is 62.3 Å². The van der Waals surface area contributed by atoms with Gasteiger partial charge in [0.1, 0.15) is 5.75 Å². The third-order valence-electron chi connectivity index (χ3n) is 2.09. The molecule has 0 bridgehead atoms. The molecule has 1 aromatic rings. The fourth-order valence-corrected chi connectivity index (χ4v) is 1.37. The normalized spacial score (nSPS) is 9.75. The van der Waals surface area contributed by atoms with Crippen LogP contribution >= 0.6 is 0 Å². The third-order valence-corrected chi connectivity index (χ3v) is 2.09. The van der Waals surface area contributed by atoms with E-state index in [1.165, 1.54) is 5.56 Å². The van der Waals surface area contributed by atoms with Gasteiger partial charge in [0.2, 0.25) is 0 Å². The van der Waals surface area contributed by atoms with Crippen LogP contribution in [0.15, 0.2) is 24.3 Å². The van der Waals surface area contributed by atoms with E-state index in [9.17, 15) is 4.79 Å². The Kier molecular flexibility index (Phi) is 8.59. The van der Waals surface area contributed by atoms with Gasteiger partial charge in [0.15, 0.2) is 0 Å². The number of benzene rings is 1. The van der Waals surface area contributed by atoms with Crippen LogP contribution in [0.25, 0.3) is 0 Å². The quantitative estimate of drug-likeness (QED) is 0.434. The molecule has 0 aliphatic rings. The third kappa shape index (κ3) is 6.16. The van der Waals surface area contributed by atoms with E-state index in [0.29, 0.717) is 18.1 Å². The Labute approximate surface area is 142 Å². The molecule has 0 amide bonds. The summed E-state index contributed by atoms with van der Waals surface area (Å²) in [5.74, 6) is 1.09. The SMILES string of the molecule is CCC(=O)Oc1ccc(CC(C)C)cc1.[H-].[K+]. The van der Waals surface area contributed by atoms with Crippen LogP contribution in [-0.4, -0.2) is 5.97 Å². The molecule has 0 saturated carbocycles. The van der Waals surface area contributed by atoms with E-state index in [1.54, 1.807) is 6.92 Å². The Balaban J connectivity index is 0. The Hall–Kier alpha value is 0.326. The molecule has 0 atom stereocenters. The van der Waals surface area contributed by atoms with Crippen molar-refractivity contribution in [3.8, 4) is 5.75 Å². The Morgan fingerprint density at radius 2 is 1.88 bits per heavy atom. The van der Waals surface area contributed by atoms with Gasteiger partial charge in [-0.15, -0.1) is 0 Å². The molecule has 0 fully saturated rings. The van der Waals surface area contributed by atoms with Gasteiger partial charge in [-0.05, 0) is 30.0 Å². The zero-order chi connectivity index (χ0) is 11.3. The van der Waals surface area contributed by atoms with Crippen LogP contribution in [0, 0.1) is 5.92 Å². The molecule has 1 rings (SSSR count). The van der Waals surface area contributed by atoms with E-state index in [2.05, 4.69) is 13.8 Å². The summed E-state index contributed by atoms with van der Waals surface area (Å²) in [7, 11) is 0. The molecule has 0 N–H and O–H groups in total. The molecule has 84 valence electrons. The number of hydrogen-bond acceptors (Lipinski definition) is 2. The predicted molar refractivity (Wildman–Crippen MR) is 62.0 cm³/mol. The summed E-state index contributed by atoms with van der Waals surface area (Å²) in [4.78, 5) is 11.0. The maximum atomic E-state index is 11.0. The smallest absolute Gasteiger partial charge is 1.00 e. The van der Waals surface area contributed by atoms with Crippen molar-refractivity contribution in [2.45, 2.75) is 33.6 Å². The van der Waals surface area contributed by atoms with Gasteiger partial charge in [-0.2, -0.15) is 0 Å². The Morgan fingerprint density at radius 1 is 1.31 bits per heavy atom. The summed E-state index contributed by atoms with van der Waals surface area (Å²) >= 11 is 0. The molecule has 1 aromatic carbocycles. The molecule has 0 aliphatic heterocycles. The van der Waals surface area contributed by atoms with Crippen molar-refractivity contribution in [1.29, 1.82) is 0 Å². The fourth-order valence-electron chi connectivity index (χ4n) is 1.37. The van der Waals surface area contributed by atoms with Crippen LogP contribution in [0.4, 0.5) is 0 Å². The van der Waals surface area contributed by atoms with Gasteiger partial charge in [0, 0.05) is 6.42 Å². The summed E-state index contributed by atoms with van der Waals surface area (Å²) in [6.07, 6.45) is 1.47. The summed E-state index contributed by atoms with van der Waals surface area (Å²) in [5, 5.41) is 0. The largest absolute Gasteiger partial charge is 1.00 e. The first-order valence-electron chi connectivity index (χ1n) is 5.41. The summed E-state index contributed by atoms with van der Waals surface area (Å²) in [6, 6.07) is 7.73. The summed E-state index contributed by atoms with van der Waals surface area (Å²) in [6.45, 7) is 6.16. The van der Waals surface area contributed by atoms with Crippen LogP contribution in [0.2, 0.25) is 0 Å². The zero-order valence-electron chi connectivity index (χ0n) is 11.6. The number of rotatable bonds is 4. The Morgan fingerprint density at radius 3 is 2.31 bits per heavy atom. The van der Waals surface area contributed by atoms with E-state index < -0.39 is 0 Å². The molecule has 3 heteroatoms. The van der Waals surface area contributed by atoms with Crippen molar-refractivity contribution in [3.63, 3.8) is 0 Å². The molecular weight excluding hydrogens is 227 g/mol. The maximum absolute atomic E-state index is 11.0. The van der Waals surface area contributed by atoms with E-state index in [0.717, 1.165) is 6.42 Å². The minimum atomic E-state index is -0.188. The second kappa shape index (κ2) is 8.42. The van der Waals surface area contributed by atoms with Crippen molar-refractivity contribution >= 4 is 5.97 Å². The molecule has 0 aliphatic carbocycles. The van der Waals surface area contributed by atoms with Crippen molar-refractivity contribution in [2.24, 2.45) is 5.92 Å². The number of esters is 1. The number of carbonyl (C=O) groups is 1. The fraction of sp³-hybridized carbons (Fsp3) is 0.462. The van der Waals surface area contributed by atoms with E-state index >= 15 is 0 Å². The maximum Gasteiger partial charge on any atom is 1.00 e. The van der Waals surface area contributed by atoms with Gasteiger partial charge in [-0.1, -0.05) is 32.9 Å². The molecular formula is C13H19KO2. The minimum Gasteiger partial charge on any atom is -1.00 e. The standard InChI is InChI=1S/C13H18O2.K.H/c1-4-13(14)15-12-7-5-11(6-8-12)9-10(2)3;;/h5-8,10H,4,9H2,1-3H3;;/q;+1;-1. The predicted octanol–water partition coefficient (Wildman–Crippen LogP) is 0.317. The van der Waals surface area contributed by atoms with Crippen LogP contribution < -0.4 is 56.1 Å². The molecule has 0 radical (unpaired) electrons. The van der Waals surface area contributed by atoms with Gasteiger partial charge in [-0.3, -0.25) is 4.79 Å².